The van der Waals surface area contributed by atoms with E-state index in [1.54, 1.807) is 6.07 Å². The summed E-state index contributed by atoms with van der Waals surface area (Å²) in [5.74, 6) is 0. The van der Waals surface area contributed by atoms with E-state index in [4.69, 9.17) is 4.74 Å². The number of rotatable bonds is 7. The van der Waals surface area contributed by atoms with Crippen LogP contribution in [0.3, 0.4) is 0 Å². The van der Waals surface area contributed by atoms with Gasteiger partial charge in [-0.15, -0.1) is 0 Å². The van der Waals surface area contributed by atoms with Gasteiger partial charge in [0.1, 0.15) is 0 Å². The molecule has 0 aromatic carbocycles. The Balaban J connectivity index is 2.46. The average molecular weight is 229 g/mol. The lowest BCUT2D eigenvalue weighted by Gasteiger charge is -2.16. The first kappa shape index (κ1) is 12.5. The smallest absolute Gasteiger partial charge is 0.249 e. The minimum atomic E-state index is 0.112. The van der Waals surface area contributed by atoms with Crippen LogP contribution in [0, 0.1) is 0 Å². The molecule has 1 aromatic rings. The highest BCUT2D eigenvalue weighted by atomic mass is 32.1. The van der Waals surface area contributed by atoms with E-state index in [1.165, 1.54) is 24.4 Å². The first-order chi connectivity index (χ1) is 7.26. The van der Waals surface area contributed by atoms with E-state index in [1.807, 2.05) is 17.1 Å². The number of unbranched alkanes of at least 4 members (excludes halogenated alkanes) is 1. The molecule has 0 aliphatic heterocycles. The normalized spacial score (nSPS) is 12.9. The summed E-state index contributed by atoms with van der Waals surface area (Å²) in [5, 5.41) is 0. The first-order valence-electron chi connectivity index (χ1n) is 5.54. The Hall–Kier alpha value is -0.610. The van der Waals surface area contributed by atoms with Crippen molar-refractivity contribution in [1.82, 2.24) is 3.96 Å². The number of nitrogens with zero attached hydrogens (tertiary/aromatic N) is 1. The van der Waals surface area contributed by atoms with Crippen LogP contribution in [0.1, 0.15) is 33.1 Å². The minimum Gasteiger partial charge on any atom is -0.377 e. The van der Waals surface area contributed by atoms with Gasteiger partial charge in [-0.1, -0.05) is 19.8 Å². The SMILES string of the molecule is CCCCC(Cn1ccc(=O)s1)OCC. The van der Waals surface area contributed by atoms with Gasteiger partial charge in [0.25, 0.3) is 0 Å². The van der Waals surface area contributed by atoms with Gasteiger partial charge < -0.3 is 4.74 Å². The van der Waals surface area contributed by atoms with Gasteiger partial charge in [-0.2, -0.15) is 0 Å². The average Bonchev–Trinajstić information content (AvgIpc) is 2.61. The standard InChI is InChI=1S/C11H19NO2S/c1-3-5-6-10(14-4-2)9-12-8-7-11(13)15-12/h7-8,10H,3-6,9H2,1-2H3. The predicted octanol–water partition coefficient (Wildman–Crippen LogP) is 2.51. The molecule has 0 spiro atoms. The van der Waals surface area contributed by atoms with Gasteiger partial charge in [0, 0.05) is 18.9 Å². The molecule has 1 heterocycles. The van der Waals surface area contributed by atoms with Crippen molar-refractivity contribution in [1.29, 1.82) is 0 Å². The van der Waals surface area contributed by atoms with Gasteiger partial charge in [-0.3, -0.25) is 8.75 Å². The van der Waals surface area contributed by atoms with Crippen LogP contribution in [-0.4, -0.2) is 16.7 Å². The zero-order chi connectivity index (χ0) is 11.1. The maximum atomic E-state index is 11.0. The van der Waals surface area contributed by atoms with Crippen LogP contribution in [-0.2, 0) is 11.3 Å². The van der Waals surface area contributed by atoms with E-state index >= 15 is 0 Å². The third kappa shape index (κ3) is 4.62. The molecule has 0 saturated carbocycles. The molecule has 86 valence electrons. The van der Waals surface area contributed by atoms with E-state index < -0.39 is 0 Å². The molecule has 3 nitrogen and oxygen atoms in total. The molecule has 0 saturated heterocycles. The van der Waals surface area contributed by atoms with E-state index in [0.717, 1.165) is 19.6 Å². The molecule has 0 amide bonds. The van der Waals surface area contributed by atoms with E-state index in [2.05, 4.69) is 6.92 Å². The topological polar surface area (TPSA) is 31.2 Å². The maximum Gasteiger partial charge on any atom is 0.249 e. The summed E-state index contributed by atoms with van der Waals surface area (Å²) in [5.41, 5.74) is 0. The fourth-order valence-corrected chi connectivity index (χ4v) is 2.23. The molecule has 0 aliphatic carbocycles. The van der Waals surface area contributed by atoms with Gasteiger partial charge in [0.05, 0.1) is 12.6 Å². The minimum absolute atomic E-state index is 0.112. The van der Waals surface area contributed by atoms with Crippen LogP contribution >= 0.6 is 11.5 Å². The highest BCUT2D eigenvalue weighted by Gasteiger charge is 2.08. The van der Waals surface area contributed by atoms with E-state index in [-0.39, 0.29) is 10.8 Å². The fraction of sp³-hybridized carbons (Fsp3) is 0.727. The highest BCUT2D eigenvalue weighted by molar-refractivity contribution is 7.03. The van der Waals surface area contributed by atoms with Crippen LogP contribution < -0.4 is 4.74 Å². The van der Waals surface area contributed by atoms with Crippen molar-refractivity contribution in [3.05, 3.63) is 21.8 Å². The summed E-state index contributed by atoms with van der Waals surface area (Å²) in [7, 11) is 0. The maximum absolute atomic E-state index is 11.0. The molecular weight excluding hydrogens is 210 g/mol. The number of hydrogen-bond donors (Lipinski definition) is 0. The van der Waals surface area contributed by atoms with Crippen LogP contribution in [0.25, 0.3) is 0 Å². The van der Waals surface area contributed by atoms with Crippen molar-refractivity contribution in [2.24, 2.45) is 0 Å². The summed E-state index contributed by atoms with van der Waals surface area (Å²) in [6, 6.07) is 1.60. The van der Waals surface area contributed by atoms with E-state index in [0.29, 0.717) is 0 Å². The number of ether oxygens (including phenoxy) is 1. The van der Waals surface area contributed by atoms with Gasteiger partial charge in [0.2, 0.25) is 4.74 Å². The van der Waals surface area contributed by atoms with Crippen LogP contribution in [0.15, 0.2) is 17.1 Å². The molecule has 1 aromatic heterocycles. The first-order valence-corrected chi connectivity index (χ1v) is 6.32. The zero-order valence-corrected chi connectivity index (χ0v) is 10.3. The Morgan fingerprint density at radius 1 is 1.53 bits per heavy atom. The fourth-order valence-electron chi connectivity index (χ4n) is 1.51. The Morgan fingerprint density at radius 3 is 2.87 bits per heavy atom. The van der Waals surface area contributed by atoms with Gasteiger partial charge >= 0.3 is 0 Å². The lowest BCUT2D eigenvalue weighted by atomic mass is 10.1. The Morgan fingerprint density at radius 2 is 2.33 bits per heavy atom. The van der Waals surface area contributed by atoms with Crippen molar-refractivity contribution in [2.75, 3.05) is 6.61 Å². The second-order valence-corrected chi connectivity index (χ2v) is 4.60. The molecule has 0 radical (unpaired) electrons. The van der Waals surface area contributed by atoms with Crippen molar-refractivity contribution in [3.63, 3.8) is 0 Å². The summed E-state index contributed by atoms with van der Waals surface area (Å²) in [4.78, 5) is 11.0. The third-order valence-corrected chi connectivity index (χ3v) is 3.07. The summed E-state index contributed by atoms with van der Waals surface area (Å²) < 4.78 is 7.71. The molecule has 1 unspecified atom stereocenters. The predicted molar refractivity (Wildman–Crippen MR) is 63.5 cm³/mol. The lowest BCUT2D eigenvalue weighted by molar-refractivity contribution is 0.0450. The van der Waals surface area contributed by atoms with Crippen LogP contribution in [0.4, 0.5) is 0 Å². The van der Waals surface area contributed by atoms with Crippen molar-refractivity contribution < 1.29 is 4.74 Å². The third-order valence-electron chi connectivity index (χ3n) is 2.25. The van der Waals surface area contributed by atoms with Crippen LogP contribution in [0.2, 0.25) is 0 Å². The molecule has 1 atom stereocenters. The van der Waals surface area contributed by atoms with Gasteiger partial charge in [-0.25, -0.2) is 0 Å². The summed E-state index contributed by atoms with van der Waals surface area (Å²) in [6.07, 6.45) is 5.53. The number of aromatic nitrogens is 1. The second kappa shape index (κ2) is 6.80. The number of hydrogen-bond acceptors (Lipinski definition) is 3. The molecule has 15 heavy (non-hydrogen) atoms. The monoisotopic (exact) mass is 229 g/mol. The van der Waals surface area contributed by atoms with Gasteiger partial charge in [-0.05, 0) is 24.9 Å². The molecule has 4 heteroatoms. The quantitative estimate of drug-likeness (QED) is 0.719. The zero-order valence-electron chi connectivity index (χ0n) is 9.44. The molecule has 0 N–H and O–H groups in total. The largest absolute Gasteiger partial charge is 0.377 e. The molecule has 0 aliphatic rings. The van der Waals surface area contributed by atoms with E-state index in [9.17, 15) is 4.79 Å². The van der Waals surface area contributed by atoms with Crippen LogP contribution in [0.5, 0.6) is 0 Å². The second-order valence-electron chi connectivity index (χ2n) is 3.55. The van der Waals surface area contributed by atoms with Crippen molar-refractivity contribution >= 4 is 11.5 Å². The van der Waals surface area contributed by atoms with Gasteiger partial charge in [0.15, 0.2) is 0 Å². The molecular formula is C11H19NO2S. The molecule has 1 rings (SSSR count). The Bertz CT molecular complexity index is 318. The van der Waals surface area contributed by atoms with Crippen molar-refractivity contribution in [2.45, 2.75) is 45.8 Å². The Labute approximate surface area is 94.8 Å². The summed E-state index contributed by atoms with van der Waals surface area (Å²) in [6.45, 7) is 5.74. The Kier molecular flexibility index (Phi) is 5.65. The summed E-state index contributed by atoms with van der Waals surface area (Å²) >= 11 is 1.26. The molecule has 0 fully saturated rings. The molecule has 0 bridgehead atoms. The lowest BCUT2D eigenvalue weighted by Crippen LogP contribution is -2.19. The highest BCUT2D eigenvalue weighted by Crippen LogP contribution is 2.08. The van der Waals surface area contributed by atoms with Crippen molar-refractivity contribution in [3.8, 4) is 0 Å².